The third-order valence-electron chi connectivity index (χ3n) is 4.29. The van der Waals surface area contributed by atoms with Crippen LogP contribution in [0.4, 0.5) is 0 Å². The van der Waals surface area contributed by atoms with Crippen LogP contribution in [-0.2, 0) is 14.3 Å². The molecule has 0 fully saturated rings. The lowest BCUT2D eigenvalue weighted by Crippen LogP contribution is -2.46. The fraction of sp³-hybridized carbons (Fsp3) is 0.111. The van der Waals surface area contributed by atoms with Crippen molar-refractivity contribution in [3.05, 3.63) is 68.7 Å². The average molecular weight is 340 g/mol. The fourth-order valence-corrected chi connectivity index (χ4v) is 3.53. The number of fused-ring (bicyclic) bond motifs is 2. The van der Waals surface area contributed by atoms with E-state index >= 15 is 0 Å². The molecule has 6 heteroatoms. The first-order chi connectivity index (χ1) is 11.5. The molecule has 2 aliphatic rings. The quantitative estimate of drug-likeness (QED) is 0.574. The number of ketones is 1. The predicted octanol–water partition coefficient (Wildman–Crippen LogP) is 1.03. The number of ether oxygens (including phenoxy) is 1. The summed E-state index contributed by atoms with van der Waals surface area (Å²) < 4.78 is 4.78. The first kappa shape index (κ1) is 14.8. The van der Waals surface area contributed by atoms with Crippen LogP contribution in [0.5, 0.6) is 0 Å². The first-order valence-corrected chi connectivity index (χ1v) is 7.59. The van der Waals surface area contributed by atoms with Gasteiger partial charge in [0.05, 0.1) is 23.1 Å². The van der Waals surface area contributed by atoms with E-state index in [-0.39, 0.29) is 16.4 Å². The fourth-order valence-electron chi connectivity index (χ4n) is 3.28. The molecule has 1 heterocycles. The summed E-state index contributed by atoms with van der Waals surface area (Å²) in [5, 5.41) is 1.05. The molecule has 1 unspecified atom stereocenters. The van der Waals surface area contributed by atoms with Crippen LogP contribution in [0, 0.1) is 5.92 Å². The molecule has 0 bridgehead atoms. The van der Waals surface area contributed by atoms with E-state index in [1.165, 1.54) is 13.2 Å². The number of amides is 1. The number of methoxy groups -OCH3 is 1. The Morgan fingerprint density at radius 3 is 2.54 bits per heavy atom. The molecule has 0 saturated heterocycles. The molecule has 1 aliphatic heterocycles. The Hall–Kier alpha value is -2.79. The highest BCUT2D eigenvalue weighted by Gasteiger charge is 2.40. The van der Waals surface area contributed by atoms with Gasteiger partial charge in [0.2, 0.25) is 0 Å². The number of hydrogen-bond donors (Lipinski definition) is 0. The van der Waals surface area contributed by atoms with Gasteiger partial charge in [0, 0.05) is 10.8 Å². The molecule has 5 nitrogen and oxygen atoms in total. The minimum Gasteiger partial charge on any atom is -0.468 e. The van der Waals surface area contributed by atoms with Crippen molar-refractivity contribution >= 4 is 34.8 Å². The van der Waals surface area contributed by atoms with Gasteiger partial charge in [-0.2, -0.15) is 0 Å². The van der Waals surface area contributed by atoms with Gasteiger partial charge in [-0.05, 0) is 23.3 Å². The van der Waals surface area contributed by atoms with Crippen LogP contribution in [0.1, 0.15) is 21.5 Å². The molecule has 0 saturated carbocycles. The first-order valence-electron chi connectivity index (χ1n) is 7.21. The van der Waals surface area contributed by atoms with E-state index < -0.39 is 17.8 Å². The van der Waals surface area contributed by atoms with Crippen LogP contribution in [0.15, 0.2) is 41.4 Å². The molecule has 118 valence electrons. The van der Waals surface area contributed by atoms with Crippen LogP contribution in [0.2, 0.25) is 5.02 Å². The minimum atomic E-state index is -1.20. The van der Waals surface area contributed by atoms with E-state index in [2.05, 4.69) is 4.99 Å². The Kier molecular flexibility index (Phi) is 3.15. The van der Waals surface area contributed by atoms with E-state index in [1.807, 2.05) is 0 Å². The topological polar surface area (TPSA) is 72.8 Å². The third kappa shape index (κ3) is 1.82. The summed E-state index contributed by atoms with van der Waals surface area (Å²) in [7, 11) is 1.21. The zero-order valence-corrected chi connectivity index (χ0v) is 13.3. The van der Waals surface area contributed by atoms with Crippen molar-refractivity contribution in [2.45, 2.75) is 0 Å². The van der Waals surface area contributed by atoms with Gasteiger partial charge in [-0.15, -0.1) is 0 Å². The van der Waals surface area contributed by atoms with Crippen LogP contribution in [0.25, 0.3) is 5.57 Å². The van der Waals surface area contributed by atoms with Gasteiger partial charge < -0.3 is 4.74 Å². The van der Waals surface area contributed by atoms with Crippen LogP contribution in [0.3, 0.4) is 0 Å². The van der Waals surface area contributed by atoms with E-state index in [9.17, 15) is 14.4 Å². The van der Waals surface area contributed by atoms with Crippen LogP contribution < -0.4 is 10.6 Å². The number of rotatable bonds is 1. The summed E-state index contributed by atoms with van der Waals surface area (Å²) >= 11 is 6.24. The van der Waals surface area contributed by atoms with Gasteiger partial charge in [0.15, 0.2) is 11.7 Å². The zero-order valence-electron chi connectivity index (χ0n) is 12.5. The number of esters is 1. The summed E-state index contributed by atoms with van der Waals surface area (Å²) in [5.41, 5.74) is 1.65. The normalized spacial score (nSPS) is 17.8. The largest absolute Gasteiger partial charge is 0.468 e. The molecular weight excluding hydrogens is 330 g/mol. The highest BCUT2D eigenvalue weighted by molar-refractivity contribution is 6.36. The number of carbonyl (C=O) groups excluding carboxylic acids is 3. The molecule has 24 heavy (non-hydrogen) atoms. The summed E-state index contributed by atoms with van der Waals surface area (Å²) in [4.78, 5) is 41.5. The van der Waals surface area contributed by atoms with Crippen molar-refractivity contribution in [1.82, 2.24) is 0 Å². The van der Waals surface area contributed by atoms with E-state index in [4.69, 9.17) is 16.3 Å². The molecule has 1 aliphatic carbocycles. The maximum atomic E-state index is 12.9. The second-order valence-electron chi connectivity index (χ2n) is 5.51. The average Bonchev–Trinajstić information content (AvgIpc) is 2.59. The number of nitrogens with zero attached hydrogens (tertiary/aromatic N) is 1. The van der Waals surface area contributed by atoms with Crippen molar-refractivity contribution in [1.29, 1.82) is 0 Å². The minimum absolute atomic E-state index is 0.246. The van der Waals surface area contributed by atoms with E-state index in [1.54, 1.807) is 30.3 Å². The molecule has 1 amide bonds. The van der Waals surface area contributed by atoms with Gasteiger partial charge in [0.25, 0.3) is 5.91 Å². The number of hydrogen-bond acceptors (Lipinski definition) is 4. The third-order valence-corrected chi connectivity index (χ3v) is 4.61. The van der Waals surface area contributed by atoms with Crippen molar-refractivity contribution < 1.29 is 19.1 Å². The van der Waals surface area contributed by atoms with Crippen molar-refractivity contribution in [3.8, 4) is 0 Å². The van der Waals surface area contributed by atoms with Gasteiger partial charge in [-0.3, -0.25) is 14.4 Å². The Balaban J connectivity index is 2.26. The smallest absolute Gasteiger partial charge is 0.322 e. The summed E-state index contributed by atoms with van der Waals surface area (Å²) in [6, 6.07) is 9.95. The lowest BCUT2D eigenvalue weighted by molar-refractivity contribution is -0.146. The SMILES string of the molecule is COC(=O)C1C(=O)N=c2ccc(Cl)c3c2=C1c1ccccc1C3=O. The van der Waals surface area contributed by atoms with Crippen molar-refractivity contribution in [3.63, 3.8) is 0 Å². The van der Waals surface area contributed by atoms with Gasteiger partial charge in [0.1, 0.15) is 0 Å². The Morgan fingerprint density at radius 1 is 1.12 bits per heavy atom. The van der Waals surface area contributed by atoms with Crippen molar-refractivity contribution in [2.24, 2.45) is 10.9 Å². The molecule has 1 atom stereocenters. The van der Waals surface area contributed by atoms with Crippen LogP contribution >= 0.6 is 11.6 Å². The van der Waals surface area contributed by atoms with Crippen LogP contribution in [-0.4, -0.2) is 24.8 Å². The summed E-state index contributed by atoms with van der Waals surface area (Å²) in [6.45, 7) is 0. The Morgan fingerprint density at radius 2 is 1.83 bits per heavy atom. The Bertz CT molecular complexity index is 1070. The number of benzene rings is 2. The maximum absolute atomic E-state index is 12.9. The van der Waals surface area contributed by atoms with Gasteiger partial charge in [-0.25, -0.2) is 4.99 Å². The van der Waals surface area contributed by atoms with Gasteiger partial charge >= 0.3 is 5.97 Å². The van der Waals surface area contributed by atoms with Gasteiger partial charge in [-0.1, -0.05) is 35.9 Å². The molecule has 2 aromatic carbocycles. The molecule has 2 aromatic rings. The van der Waals surface area contributed by atoms with E-state index in [0.29, 0.717) is 27.3 Å². The standard InChI is InChI=1S/C18H10ClNO4/c1-24-18(23)15-12-8-4-2-3-5-9(8)16(21)13-10(19)6-7-11(14(12)13)20-17(15)22/h2-7,15H,1H3. The predicted molar refractivity (Wildman–Crippen MR) is 85.1 cm³/mol. The van der Waals surface area contributed by atoms with Crippen molar-refractivity contribution in [2.75, 3.05) is 7.11 Å². The molecule has 0 aromatic heterocycles. The zero-order chi connectivity index (χ0) is 17.0. The summed E-state index contributed by atoms with van der Waals surface area (Å²) in [6.07, 6.45) is 0. The second kappa shape index (κ2) is 5.11. The molecular formula is C18H10ClNO4. The highest BCUT2D eigenvalue weighted by atomic mass is 35.5. The Labute approximate surface area is 141 Å². The summed E-state index contributed by atoms with van der Waals surface area (Å²) in [5.74, 6) is -2.76. The lowest BCUT2D eigenvalue weighted by Gasteiger charge is -2.25. The maximum Gasteiger partial charge on any atom is 0.322 e. The monoisotopic (exact) mass is 339 g/mol. The van der Waals surface area contributed by atoms with E-state index in [0.717, 1.165) is 0 Å². The second-order valence-corrected chi connectivity index (χ2v) is 5.92. The lowest BCUT2D eigenvalue weighted by atomic mass is 9.78. The molecule has 4 rings (SSSR count). The molecule has 0 spiro atoms. The highest BCUT2D eigenvalue weighted by Crippen LogP contribution is 2.33. The molecule has 0 radical (unpaired) electrons. The number of halogens is 1. The number of carbonyl (C=O) groups is 3. The molecule has 0 N–H and O–H groups in total.